The fourth-order valence-electron chi connectivity index (χ4n) is 2.52. The Balaban J connectivity index is 1.86. The largest absolute Gasteiger partial charge is 0.340 e. The van der Waals surface area contributed by atoms with E-state index in [0.29, 0.717) is 0 Å². The predicted octanol–water partition coefficient (Wildman–Crippen LogP) is 2.20. The predicted molar refractivity (Wildman–Crippen MR) is 83.3 cm³/mol. The maximum absolute atomic E-state index is 14.1. The van der Waals surface area contributed by atoms with Crippen molar-refractivity contribution in [2.45, 2.75) is 18.5 Å². The smallest absolute Gasteiger partial charge is 0.333 e. The molecular weight excluding hydrogens is 337 g/mol. The van der Waals surface area contributed by atoms with E-state index in [1.54, 1.807) is 30.3 Å². The van der Waals surface area contributed by atoms with Gasteiger partial charge in [0.1, 0.15) is 18.0 Å². The van der Waals surface area contributed by atoms with Crippen LogP contribution in [0, 0.1) is 5.82 Å². The summed E-state index contributed by atoms with van der Waals surface area (Å²) in [5.41, 5.74) is 0.996. The zero-order valence-electron chi connectivity index (χ0n) is 12.5. The topological polar surface area (TPSA) is 87.9 Å². The van der Waals surface area contributed by atoms with E-state index < -0.39 is 34.6 Å². The number of halogens is 1. The van der Waals surface area contributed by atoms with E-state index in [1.165, 1.54) is 6.07 Å². The van der Waals surface area contributed by atoms with Crippen LogP contribution < -0.4 is 5.14 Å². The quantitative estimate of drug-likeness (QED) is 0.890. The van der Waals surface area contributed by atoms with Crippen molar-refractivity contribution in [2.24, 2.45) is 5.14 Å². The van der Waals surface area contributed by atoms with Crippen molar-refractivity contribution in [1.29, 1.82) is 0 Å². The average Bonchev–Trinajstić information content (AvgIpc) is 2.98. The maximum Gasteiger partial charge on any atom is 0.333 e. The van der Waals surface area contributed by atoms with Crippen molar-refractivity contribution < 1.29 is 26.5 Å². The molecule has 1 saturated heterocycles. The first-order valence-electron chi connectivity index (χ1n) is 7.21. The third-order valence-corrected chi connectivity index (χ3v) is 4.05. The summed E-state index contributed by atoms with van der Waals surface area (Å²) in [6.45, 7) is -0.374. The molecule has 1 aliphatic heterocycles. The molecule has 0 saturated carbocycles. The summed E-state index contributed by atoms with van der Waals surface area (Å²) < 4.78 is 52.3. The van der Waals surface area contributed by atoms with Gasteiger partial charge < -0.3 is 9.47 Å². The van der Waals surface area contributed by atoms with Gasteiger partial charge in [0.25, 0.3) is 0 Å². The van der Waals surface area contributed by atoms with E-state index in [-0.39, 0.29) is 12.2 Å². The van der Waals surface area contributed by atoms with Crippen LogP contribution in [-0.2, 0) is 24.0 Å². The molecule has 0 aliphatic carbocycles. The van der Waals surface area contributed by atoms with Crippen LogP contribution in [0.4, 0.5) is 4.39 Å². The Morgan fingerprint density at radius 1 is 1.04 bits per heavy atom. The molecule has 0 bridgehead atoms. The lowest BCUT2D eigenvalue weighted by molar-refractivity contribution is -0.0729. The molecule has 1 heterocycles. The standard InChI is InChI=1S/C16H16FNO5S/c17-13-9-5-4-8-12(13)15-14(10-21-24(18,19)20)22-16(23-15)11-6-2-1-3-7-11/h1-9,14-16H,10H2,(H2,18,19,20). The van der Waals surface area contributed by atoms with Crippen molar-refractivity contribution in [3.63, 3.8) is 0 Å². The van der Waals surface area contributed by atoms with Gasteiger partial charge in [-0.1, -0.05) is 48.5 Å². The highest BCUT2D eigenvalue weighted by atomic mass is 32.2. The van der Waals surface area contributed by atoms with Gasteiger partial charge in [-0.05, 0) is 6.07 Å². The summed E-state index contributed by atoms with van der Waals surface area (Å²) in [5, 5.41) is 4.85. The van der Waals surface area contributed by atoms with Gasteiger partial charge in [-0.15, -0.1) is 0 Å². The molecule has 1 fully saturated rings. The second-order valence-electron chi connectivity index (χ2n) is 5.27. The monoisotopic (exact) mass is 353 g/mol. The molecule has 2 N–H and O–H groups in total. The van der Waals surface area contributed by atoms with Crippen molar-refractivity contribution in [3.8, 4) is 0 Å². The number of hydrogen-bond donors (Lipinski definition) is 1. The molecule has 2 aromatic carbocycles. The molecule has 0 aromatic heterocycles. The van der Waals surface area contributed by atoms with Crippen molar-refractivity contribution >= 4 is 10.3 Å². The molecule has 0 radical (unpaired) electrons. The molecule has 3 unspecified atom stereocenters. The lowest BCUT2D eigenvalue weighted by Gasteiger charge is -2.16. The van der Waals surface area contributed by atoms with Crippen molar-refractivity contribution in [1.82, 2.24) is 0 Å². The highest BCUT2D eigenvalue weighted by Gasteiger charge is 2.39. The Bertz CT molecular complexity index is 799. The molecule has 8 heteroatoms. The van der Waals surface area contributed by atoms with Crippen LogP contribution in [0.2, 0.25) is 0 Å². The fourth-order valence-corrected chi connectivity index (χ4v) is 2.84. The molecule has 0 spiro atoms. The summed E-state index contributed by atoms with van der Waals surface area (Å²) >= 11 is 0. The van der Waals surface area contributed by atoms with E-state index in [9.17, 15) is 12.8 Å². The Hall–Kier alpha value is -1.84. The van der Waals surface area contributed by atoms with Crippen LogP contribution in [0.25, 0.3) is 0 Å². The summed E-state index contributed by atoms with van der Waals surface area (Å²) in [7, 11) is -4.14. The molecular formula is C16H16FNO5S. The van der Waals surface area contributed by atoms with E-state index in [1.807, 2.05) is 18.2 Å². The van der Waals surface area contributed by atoms with E-state index in [2.05, 4.69) is 4.18 Å². The summed E-state index contributed by atoms with van der Waals surface area (Å²) in [6, 6.07) is 15.1. The molecule has 0 amide bonds. The van der Waals surface area contributed by atoms with Gasteiger partial charge in [-0.3, -0.25) is 4.18 Å². The number of benzene rings is 2. The van der Waals surface area contributed by atoms with Crippen LogP contribution in [0.3, 0.4) is 0 Å². The van der Waals surface area contributed by atoms with Gasteiger partial charge in [-0.2, -0.15) is 8.42 Å². The number of rotatable bonds is 5. The minimum atomic E-state index is -4.14. The Kier molecular flexibility index (Phi) is 4.93. The lowest BCUT2D eigenvalue weighted by Crippen LogP contribution is -2.27. The van der Waals surface area contributed by atoms with Crippen molar-refractivity contribution in [3.05, 3.63) is 71.5 Å². The Morgan fingerprint density at radius 2 is 1.71 bits per heavy atom. The second-order valence-corrected chi connectivity index (χ2v) is 6.49. The summed E-state index contributed by atoms with van der Waals surface area (Å²) in [5.74, 6) is -0.472. The van der Waals surface area contributed by atoms with Gasteiger partial charge in [-0.25, -0.2) is 9.53 Å². The fraction of sp³-hybridized carbons (Fsp3) is 0.250. The SMILES string of the molecule is NS(=O)(=O)OCC1OC(c2ccccc2)OC1c1ccccc1F. The van der Waals surface area contributed by atoms with Crippen LogP contribution >= 0.6 is 0 Å². The number of ether oxygens (including phenoxy) is 2. The zero-order chi connectivity index (χ0) is 17.2. The lowest BCUT2D eigenvalue weighted by atomic mass is 10.0. The summed E-state index contributed by atoms with van der Waals surface area (Å²) in [6.07, 6.45) is -2.41. The highest BCUT2D eigenvalue weighted by molar-refractivity contribution is 7.84. The highest BCUT2D eigenvalue weighted by Crippen LogP contribution is 2.40. The van der Waals surface area contributed by atoms with Crippen LogP contribution in [0.5, 0.6) is 0 Å². The molecule has 128 valence electrons. The first-order chi connectivity index (χ1) is 11.4. The minimum Gasteiger partial charge on any atom is -0.340 e. The summed E-state index contributed by atoms with van der Waals surface area (Å²) in [4.78, 5) is 0. The number of hydrogen-bond acceptors (Lipinski definition) is 5. The van der Waals surface area contributed by atoms with Gasteiger partial charge >= 0.3 is 10.3 Å². The van der Waals surface area contributed by atoms with Gasteiger partial charge in [0.2, 0.25) is 0 Å². The molecule has 3 rings (SSSR count). The Labute approximate surface area is 139 Å². The van der Waals surface area contributed by atoms with Gasteiger partial charge in [0.05, 0.1) is 6.61 Å². The normalized spacial score (nSPS) is 24.2. The van der Waals surface area contributed by atoms with E-state index in [0.717, 1.165) is 5.56 Å². The minimum absolute atomic E-state index is 0.263. The van der Waals surface area contributed by atoms with E-state index >= 15 is 0 Å². The molecule has 24 heavy (non-hydrogen) atoms. The third kappa shape index (κ3) is 3.97. The first-order valence-corrected chi connectivity index (χ1v) is 8.68. The first kappa shape index (κ1) is 17.0. The maximum atomic E-state index is 14.1. The zero-order valence-corrected chi connectivity index (χ0v) is 13.4. The van der Waals surface area contributed by atoms with Crippen LogP contribution in [-0.4, -0.2) is 21.1 Å². The average molecular weight is 353 g/mol. The van der Waals surface area contributed by atoms with Crippen molar-refractivity contribution in [2.75, 3.05) is 6.61 Å². The Morgan fingerprint density at radius 3 is 2.38 bits per heavy atom. The second kappa shape index (κ2) is 6.96. The van der Waals surface area contributed by atoms with Crippen LogP contribution in [0.1, 0.15) is 23.5 Å². The van der Waals surface area contributed by atoms with Gasteiger partial charge in [0.15, 0.2) is 6.29 Å². The van der Waals surface area contributed by atoms with Gasteiger partial charge in [0, 0.05) is 11.1 Å². The third-order valence-electron chi connectivity index (χ3n) is 3.59. The molecule has 1 aliphatic rings. The van der Waals surface area contributed by atoms with Crippen LogP contribution in [0.15, 0.2) is 54.6 Å². The number of nitrogens with two attached hydrogens (primary N) is 1. The molecule has 3 atom stereocenters. The molecule has 6 nitrogen and oxygen atoms in total. The molecule has 2 aromatic rings. The van der Waals surface area contributed by atoms with E-state index in [4.69, 9.17) is 14.6 Å².